The van der Waals surface area contributed by atoms with Crippen molar-refractivity contribution in [2.45, 2.75) is 50.7 Å². The standard InChI is InChI=1S/C34H35Cl2FN4O3/c1-34(2,43)22-15-27(24-11-12-26(37)31(36)30(24)35)41-28(16-22)25(19-7-5-4-6-8-19)18-40-33(42)20-13-21(17-39-23-9-10-23)32(38)29(14-20)44-3/h4-7,11-17,19,23,25,43H,8-10,18,38H2,1-3H3,(H,40,42). The number of hydrogen-bond donors (Lipinski definition) is 3. The third-order valence-electron chi connectivity index (χ3n) is 7.88. The van der Waals surface area contributed by atoms with Gasteiger partial charge in [0.05, 0.1) is 40.2 Å². The molecule has 2 aliphatic carbocycles. The van der Waals surface area contributed by atoms with Crippen molar-refractivity contribution >= 4 is 41.0 Å². The average molecular weight is 638 g/mol. The smallest absolute Gasteiger partial charge is 0.251 e. The summed E-state index contributed by atoms with van der Waals surface area (Å²) in [6, 6.07) is 9.93. The van der Waals surface area contributed by atoms with Crippen LogP contribution in [0.1, 0.15) is 66.2 Å². The molecule has 1 heterocycles. The summed E-state index contributed by atoms with van der Waals surface area (Å²) in [6.45, 7) is 3.58. The second-order valence-corrected chi connectivity index (χ2v) is 12.4. The van der Waals surface area contributed by atoms with E-state index in [9.17, 15) is 14.3 Å². The number of halogens is 3. The highest BCUT2D eigenvalue weighted by molar-refractivity contribution is 6.43. The van der Waals surface area contributed by atoms with Gasteiger partial charge >= 0.3 is 0 Å². The van der Waals surface area contributed by atoms with Gasteiger partial charge in [-0.3, -0.25) is 14.8 Å². The zero-order valence-electron chi connectivity index (χ0n) is 24.8. The Morgan fingerprint density at radius 2 is 2.00 bits per heavy atom. The van der Waals surface area contributed by atoms with E-state index in [1.54, 1.807) is 38.3 Å². The van der Waals surface area contributed by atoms with Gasteiger partial charge < -0.3 is 20.9 Å². The normalized spacial score (nSPS) is 17.2. The Kier molecular flexibility index (Phi) is 9.44. The number of nitrogens with two attached hydrogens (primary N) is 1. The molecule has 0 saturated heterocycles. The van der Waals surface area contributed by atoms with Crippen molar-refractivity contribution in [2.24, 2.45) is 10.9 Å². The summed E-state index contributed by atoms with van der Waals surface area (Å²) in [7, 11) is 1.51. The second-order valence-electron chi connectivity index (χ2n) is 11.7. The molecule has 2 unspecified atom stereocenters. The van der Waals surface area contributed by atoms with Crippen LogP contribution in [0, 0.1) is 11.7 Å². The number of amides is 1. The van der Waals surface area contributed by atoms with E-state index in [0.29, 0.717) is 51.1 Å². The number of nitrogens with one attached hydrogen (secondary N) is 1. The van der Waals surface area contributed by atoms with Gasteiger partial charge in [0.15, 0.2) is 0 Å². The van der Waals surface area contributed by atoms with Crippen LogP contribution in [-0.4, -0.2) is 41.9 Å². The van der Waals surface area contributed by atoms with Crippen LogP contribution in [0.4, 0.5) is 10.1 Å². The van der Waals surface area contributed by atoms with Gasteiger partial charge in [0, 0.05) is 41.1 Å². The number of rotatable bonds is 10. The fourth-order valence-electron chi connectivity index (χ4n) is 5.10. The van der Waals surface area contributed by atoms with Crippen molar-refractivity contribution in [1.29, 1.82) is 0 Å². The van der Waals surface area contributed by atoms with E-state index in [1.165, 1.54) is 19.2 Å². The molecule has 10 heteroatoms. The minimum atomic E-state index is -1.22. The Balaban J connectivity index is 1.51. The molecule has 1 saturated carbocycles. The summed E-state index contributed by atoms with van der Waals surface area (Å²) in [6.07, 6.45) is 12.6. The summed E-state index contributed by atoms with van der Waals surface area (Å²) in [5.41, 5.74) is 8.57. The quantitative estimate of drug-likeness (QED) is 0.123. The number of hydrogen-bond acceptors (Lipinski definition) is 6. The molecule has 2 atom stereocenters. The van der Waals surface area contributed by atoms with E-state index < -0.39 is 11.4 Å². The number of nitrogens with zero attached hydrogens (tertiary/aromatic N) is 2. The van der Waals surface area contributed by atoms with Crippen molar-refractivity contribution in [3.8, 4) is 17.0 Å². The molecule has 0 bridgehead atoms. The summed E-state index contributed by atoms with van der Waals surface area (Å²) in [5, 5.41) is 13.9. The first kappa shape index (κ1) is 31.7. The average Bonchev–Trinajstić information content (AvgIpc) is 3.84. The van der Waals surface area contributed by atoms with Crippen molar-refractivity contribution in [1.82, 2.24) is 10.3 Å². The molecule has 1 amide bonds. The Morgan fingerprint density at radius 3 is 2.66 bits per heavy atom. The first-order chi connectivity index (χ1) is 21.0. The lowest BCUT2D eigenvalue weighted by Gasteiger charge is -2.28. The number of anilines is 1. The summed E-state index contributed by atoms with van der Waals surface area (Å²) < 4.78 is 19.6. The first-order valence-electron chi connectivity index (χ1n) is 14.5. The largest absolute Gasteiger partial charge is 0.495 e. The lowest BCUT2D eigenvalue weighted by Crippen LogP contribution is -2.32. The Bertz CT molecular complexity index is 1660. The fraction of sp³-hybridized carbons (Fsp3) is 0.324. The summed E-state index contributed by atoms with van der Waals surface area (Å²) in [5.74, 6) is -0.849. The van der Waals surface area contributed by atoms with Crippen molar-refractivity contribution in [3.63, 3.8) is 0 Å². The number of ether oxygens (including phenoxy) is 1. The number of aliphatic hydroxyl groups is 1. The van der Waals surface area contributed by atoms with Gasteiger partial charge in [-0.25, -0.2) is 4.39 Å². The number of pyridine rings is 1. The predicted molar refractivity (Wildman–Crippen MR) is 174 cm³/mol. The van der Waals surface area contributed by atoms with Crippen LogP contribution in [0.5, 0.6) is 5.75 Å². The van der Waals surface area contributed by atoms with Crippen LogP contribution < -0.4 is 15.8 Å². The van der Waals surface area contributed by atoms with Gasteiger partial charge in [-0.2, -0.15) is 0 Å². The van der Waals surface area contributed by atoms with Gasteiger partial charge in [0.1, 0.15) is 11.6 Å². The highest BCUT2D eigenvalue weighted by atomic mass is 35.5. The molecule has 1 aromatic heterocycles. The maximum Gasteiger partial charge on any atom is 0.251 e. The minimum Gasteiger partial charge on any atom is -0.495 e. The predicted octanol–water partition coefficient (Wildman–Crippen LogP) is 7.24. The number of carbonyl (C=O) groups is 1. The second kappa shape index (κ2) is 13.1. The molecule has 2 aliphatic rings. The maximum atomic E-state index is 14.1. The molecule has 1 fully saturated rings. The molecule has 230 valence electrons. The maximum absolute atomic E-state index is 14.1. The number of carbonyl (C=O) groups excluding carboxylic acids is 1. The van der Waals surface area contributed by atoms with Crippen LogP contribution in [0.25, 0.3) is 11.3 Å². The zero-order chi connectivity index (χ0) is 31.6. The van der Waals surface area contributed by atoms with Gasteiger partial charge in [-0.15, -0.1) is 0 Å². The topological polar surface area (TPSA) is 110 Å². The Labute approximate surface area is 266 Å². The van der Waals surface area contributed by atoms with Gasteiger partial charge in [-0.1, -0.05) is 47.5 Å². The third-order valence-corrected chi connectivity index (χ3v) is 8.74. The van der Waals surface area contributed by atoms with Gasteiger partial charge in [-0.05, 0) is 81.0 Å². The Hall–Kier alpha value is -3.72. The molecule has 7 nitrogen and oxygen atoms in total. The highest BCUT2D eigenvalue weighted by Crippen LogP contribution is 2.38. The summed E-state index contributed by atoms with van der Waals surface area (Å²) in [4.78, 5) is 23.0. The highest BCUT2D eigenvalue weighted by Gasteiger charge is 2.28. The van der Waals surface area contributed by atoms with Crippen molar-refractivity contribution < 1.29 is 19.0 Å². The lowest BCUT2D eigenvalue weighted by atomic mass is 9.82. The van der Waals surface area contributed by atoms with E-state index in [1.807, 2.05) is 18.2 Å². The van der Waals surface area contributed by atoms with Crippen LogP contribution in [0.2, 0.25) is 10.0 Å². The molecular weight excluding hydrogens is 602 g/mol. The molecule has 5 rings (SSSR count). The van der Waals surface area contributed by atoms with E-state index in [-0.39, 0.29) is 34.3 Å². The summed E-state index contributed by atoms with van der Waals surface area (Å²) >= 11 is 12.6. The Morgan fingerprint density at radius 1 is 1.23 bits per heavy atom. The number of benzene rings is 2. The molecule has 3 aromatic rings. The SMILES string of the molecule is COc1cc(C(=O)NCC(c2cc(C(C)(C)O)cc(-c3ccc(F)c(Cl)c3Cl)n2)C2C=CC=CC2)cc(C=NC2CC2)c1N. The number of aliphatic imine (C=N–C) groups is 1. The number of aromatic nitrogens is 1. The van der Waals surface area contributed by atoms with Crippen LogP contribution in [0.15, 0.2) is 65.7 Å². The van der Waals surface area contributed by atoms with E-state index >= 15 is 0 Å². The number of nitrogen functional groups attached to an aromatic ring is 1. The minimum absolute atomic E-state index is 0.00725. The molecule has 0 aliphatic heterocycles. The number of methoxy groups -OCH3 is 1. The molecular formula is C34H35Cl2FN4O3. The molecule has 2 aromatic carbocycles. The molecule has 44 heavy (non-hydrogen) atoms. The van der Waals surface area contributed by atoms with E-state index in [2.05, 4.69) is 22.5 Å². The third kappa shape index (κ3) is 7.15. The number of allylic oxidation sites excluding steroid dienone is 4. The zero-order valence-corrected chi connectivity index (χ0v) is 26.3. The van der Waals surface area contributed by atoms with Crippen LogP contribution >= 0.6 is 23.2 Å². The monoisotopic (exact) mass is 636 g/mol. The van der Waals surface area contributed by atoms with E-state index in [0.717, 1.165) is 19.3 Å². The first-order valence-corrected chi connectivity index (χ1v) is 15.2. The lowest BCUT2D eigenvalue weighted by molar-refractivity contribution is 0.0783. The van der Waals surface area contributed by atoms with Gasteiger partial charge in [0.2, 0.25) is 0 Å². The fourth-order valence-corrected chi connectivity index (χ4v) is 5.51. The molecule has 4 N–H and O–H groups in total. The molecule has 0 spiro atoms. The van der Waals surface area contributed by atoms with Crippen molar-refractivity contribution in [3.05, 3.63) is 98.9 Å². The molecule has 0 radical (unpaired) electrons. The van der Waals surface area contributed by atoms with Gasteiger partial charge in [0.25, 0.3) is 5.91 Å². The van der Waals surface area contributed by atoms with E-state index in [4.69, 9.17) is 38.7 Å². The van der Waals surface area contributed by atoms with Crippen molar-refractivity contribution in [2.75, 3.05) is 19.4 Å². The van der Waals surface area contributed by atoms with Crippen LogP contribution in [-0.2, 0) is 5.60 Å². The van der Waals surface area contributed by atoms with Crippen LogP contribution in [0.3, 0.4) is 0 Å².